The van der Waals surface area contributed by atoms with Crippen LogP contribution < -0.4 is 9.47 Å². The van der Waals surface area contributed by atoms with Crippen molar-refractivity contribution in [1.82, 2.24) is 0 Å². The van der Waals surface area contributed by atoms with Gasteiger partial charge in [0.1, 0.15) is 11.9 Å². The van der Waals surface area contributed by atoms with E-state index in [0.717, 1.165) is 0 Å². The molecular formula is C13H14O4. The number of methoxy groups -OCH3 is 2. The van der Waals surface area contributed by atoms with Gasteiger partial charge >= 0.3 is 0 Å². The monoisotopic (exact) mass is 234 g/mol. The first kappa shape index (κ1) is 11.5. The molecule has 1 aromatic heterocycles. The average molecular weight is 234 g/mol. The summed E-state index contributed by atoms with van der Waals surface area (Å²) in [6, 6.07) is 8.71. The predicted octanol–water partition coefficient (Wildman–Crippen LogP) is 2.38. The molecule has 0 spiro atoms. The fourth-order valence-corrected chi connectivity index (χ4v) is 1.63. The van der Waals surface area contributed by atoms with Gasteiger partial charge in [0.15, 0.2) is 11.5 Å². The minimum Gasteiger partial charge on any atom is -0.493 e. The SMILES string of the molecule is COc1ccc(C(O)c2ccco2)cc1OC. The highest BCUT2D eigenvalue weighted by Crippen LogP contribution is 2.32. The van der Waals surface area contributed by atoms with E-state index in [4.69, 9.17) is 13.9 Å². The molecule has 0 saturated heterocycles. The van der Waals surface area contributed by atoms with Gasteiger partial charge in [-0.05, 0) is 29.8 Å². The topological polar surface area (TPSA) is 51.8 Å². The summed E-state index contributed by atoms with van der Waals surface area (Å²) in [5, 5.41) is 10.1. The minimum absolute atomic E-state index is 0.497. The Hall–Kier alpha value is -1.94. The number of ether oxygens (including phenoxy) is 2. The van der Waals surface area contributed by atoms with Crippen LogP contribution in [0.2, 0.25) is 0 Å². The first-order chi connectivity index (χ1) is 8.26. The highest BCUT2D eigenvalue weighted by Gasteiger charge is 2.15. The Morgan fingerprint density at radius 3 is 2.47 bits per heavy atom. The van der Waals surface area contributed by atoms with Crippen LogP contribution in [-0.4, -0.2) is 19.3 Å². The van der Waals surface area contributed by atoms with Gasteiger partial charge in [-0.25, -0.2) is 0 Å². The Labute approximate surface area is 99.4 Å². The van der Waals surface area contributed by atoms with Gasteiger partial charge in [0.2, 0.25) is 0 Å². The van der Waals surface area contributed by atoms with Crippen molar-refractivity contribution >= 4 is 0 Å². The smallest absolute Gasteiger partial charge is 0.161 e. The molecule has 0 saturated carbocycles. The van der Waals surface area contributed by atoms with Crippen LogP contribution in [-0.2, 0) is 0 Å². The molecule has 0 aliphatic heterocycles. The zero-order valence-electron chi connectivity index (χ0n) is 9.71. The summed E-state index contributed by atoms with van der Waals surface area (Å²) in [5.74, 6) is 1.70. The van der Waals surface area contributed by atoms with Gasteiger partial charge < -0.3 is 19.0 Å². The normalized spacial score (nSPS) is 12.2. The molecule has 4 heteroatoms. The molecule has 2 aromatic rings. The third-order valence-corrected chi connectivity index (χ3v) is 2.54. The van der Waals surface area contributed by atoms with Crippen molar-refractivity contribution in [3.05, 3.63) is 47.9 Å². The van der Waals surface area contributed by atoms with Crippen molar-refractivity contribution in [3.8, 4) is 11.5 Å². The molecule has 4 nitrogen and oxygen atoms in total. The molecule has 0 aliphatic carbocycles. The van der Waals surface area contributed by atoms with Crippen LogP contribution in [0.25, 0.3) is 0 Å². The van der Waals surface area contributed by atoms with Crippen LogP contribution >= 0.6 is 0 Å². The number of hydrogen-bond donors (Lipinski definition) is 1. The number of aliphatic hydroxyl groups is 1. The Morgan fingerprint density at radius 2 is 1.88 bits per heavy atom. The summed E-state index contributed by atoms with van der Waals surface area (Å²) < 4.78 is 15.5. The lowest BCUT2D eigenvalue weighted by Crippen LogP contribution is -1.99. The predicted molar refractivity (Wildman–Crippen MR) is 62.3 cm³/mol. The van der Waals surface area contributed by atoms with Gasteiger partial charge in [0.05, 0.1) is 20.5 Å². The van der Waals surface area contributed by atoms with Crippen molar-refractivity contribution in [2.75, 3.05) is 14.2 Å². The number of aliphatic hydroxyl groups excluding tert-OH is 1. The van der Waals surface area contributed by atoms with E-state index in [1.807, 2.05) is 0 Å². The van der Waals surface area contributed by atoms with Crippen LogP contribution in [0.5, 0.6) is 11.5 Å². The van der Waals surface area contributed by atoms with Gasteiger partial charge in [-0.2, -0.15) is 0 Å². The molecule has 90 valence electrons. The third-order valence-electron chi connectivity index (χ3n) is 2.54. The molecule has 1 heterocycles. The first-order valence-corrected chi connectivity index (χ1v) is 5.19. The number of furan rings is 1. The van der Waals surface area contributed by atoms with Crippen molar-refractivity contribution < 1.29 is 19.0 Å². The van der Waals surface area contributed by atoms with Crippen LogP contribution in [0, 0.1) is 0 Å². The Balaban J connectivity index is 2.33. The van der Waals surface area contributed by atoms with E-state index in [1.165, 1.54) is 6.26 Å². The van der Waals surface area contributed by atoms with Crippen LogP contribution in [0.4, 0.5) is 0 Å². The lowest BCUT2D eigenvalue weighted by molar-refractivity contribution is 0.189. The second kappa shape index (κ2) is 4.93. The summed E-state index contributed by atoms with van der Waals surface area (Å²) in [4.78, 5) is 0. The van der Waals surface area contributed by atoms with Gasteiger partial charge in [0.25, 0.3) is 0 Å². The zero-order valence-corrected chi connectivity index (χ0v) is 9.71. The summed E-state index contributed by atoms with van der Waals surface area (Å²) >= 11 is 0. The van der Waals surface area contributed by atoms with E-state index in [-0.39, 0.29) is 0 Å². The maximum atomic E-state index is 10.1. The Kier molecular flexibility index (Phi) is 3.35. The molecule has 0 fully saturated rings. The van der Waals surface area contributed by atoms with Crippen molar-refractivity contribution in [3.63, 3.8) is 0 Å². The largest absolute Gasteiger partial charge is 0.493 e. The quantitative estimate of drug-likeness (QED) is 0.882. The number of benzene rings is 1. The molecule has 1 N–H and O–H groups in total. The van der Waals surface area contributed by atoms with Crippen molar-refractivity contribution in [2.24, 2.45) is 0 Å². The summed E-state index contributed by atoms with van der Waals surface area (Å²) in [6.07, 6.45) is 0.726. The highest BCUT2D eigenvalue weighted by atomic mass is 16.5. The molecule has 0 amide bonds. The molecule has 1 aromatic carbocycles. The van der Waals surface area contributed by atoms with E-state index in [0.29, 0.717) is 22.8 Å². The minimum atomic E-state index is -0.801. The lowest BCUT2D eigenvalue weighted by atomic mass is 10.1. The van der Waals surface area contributed by atoms with Crippen LogP contribution in [0.15, 0.2) is 41.0 Å². The van der Waals surface area contributed by atoms with Crippen LogP contribution in [0.3, 0.4) is 0 Å². The maximum absolute atomic E-state index is 10.1. The summed E-state index contributed by atoms with van der Waals surface area (Å²) in [5.41, 5.74) is 0.692. The average Bonchev–Trinajstić information content (AvgIpc) is 2.90. The molecule has 0 aliphatic rings. The Bertz CT molecular complexity index is 476. The summed E-state index contributed by atoms with van der Waals surface area (Å²) in [6.45, 7) is 0. The maximum Gasteiger partial charge on any atom is 0.161 e. The van der Waals surface area contributed by atoms with E-state index in [9.17, 15) is 5.11 Å². The van der Waals surface area contributed by atoms with Crippen molar-refractivity contribution in [2.45, 2.75) is 6.10 Å². The van der Waals surface area contributed by atoms with E-state index in [1.54, 1.807) is 44.6 Å². The zero-order chi connectivity index (χ0) is 12.3. The molecule has 17 heavy (non-hydrogen) atoms. The standard InChI is InChI=1S/C13H14O4/c1-15-10-6-5-9(8-12(10)16-2)13(14)11-4-3-7-17-11/h3-8,13-14H,1-2H3. The second-order valence-electron chi connectivity index (χ2n) is 3.53. The molecule has 0 radical (unpaired) electrons. The fraction of sp³-hybridized carbons (Fsp3) is 0.231. The van der Waals surface area contributed by atoms with Gasteiger partial charge in [0, 0.05) is 0 Å². The molecular weight excluding hydrogens is 220 g/mol. The van der Waals surface area contributed by atoms with E-state index < -0.39 is 6.10 Å². The fourth-order valence-electron chi connectivity index (χ4n) is 1.63. The van der Waals surface area contributed by atoms with Crippen LogP contribution in [0.1, 0.15) is 17.4 Å². The lowest BCUT2D eigenvalue weighted by Gasteiger charge is -2.12. The molecule has 1 atom stereocenters. The highest BCUT2D eigenvalue weighted by molar-refractivity contribution is 5.44. The third kappa shape index (κ3) is 2.26. The van der Waals surface area contributed by atoms with Crippen molar-refractivity contribution in [1.29, 1.82) is 0 Å². The van der Waals surface area contributed by atoms with E-state index >= 15 is 0 Å². The van der Waals surface area contributed by atoms with E-state index in [2.05, 4.69) is 0 Å². The number of hydrogen-bond acceptors (Lipinski definition) is 4. The molecule has 2 rings (SSSR count). The Morgan fingerprint density at radius 1 is 1.12 bits per heavy atom. The molecule has 0 bridgehead atoms. The van der Waals surface area contributed by atoms with Gasteiger partial charge in [-0.1, -0.05) is 6.07 Å². The van der Waals surface area contributed by atoms with Gasteiger partial charge in [-0.15, -0.1) is 0 Å². The first-order valence-electron chi connectivity index (χ1n) is 5.19. The number of rotatable bonds is 4. The second-order valence-corrected chi connectivity index (χ2v) is 3.53. The van der Waals surface area contributed by atoms with Gasteiger partial charge in [-0.3, -0.25) is 0 Å². The molecule has 1 unspecified atom stereocenters. The summed E-state index contributed by atoms with van der Waals surface area (Å²) in [7, 11) is 3.13.